The number of nitrogens with zero attached hydrogens (tertiary/aromatic N) is 2. The van der Waals surface area contributed by atoms with Gasteiger partial charge < -0.3 is 10.6 Å². The number of carbonyl (C=O) groups is 1. The molecule has 2 rings (SSSR count). The van der Waals surface area contributed by atoms with Gasteiger partial charge in [-0.25, -0.2) is 0 Å². The molecule has 0 aliphatic rings. The fourth-order valence-electron chi connectivity index (χ4n) is 1.54. The van der Waals surface area contributed by atoms with Crippen molar-refractivity contribution in [3.63, 3.8) is 0 Å². The van der Waals surface area contributed by atoms with Crippen LogP contribution in [0.5, 0.6) is 0 Å². The first-order chi connectivity index (χ1) is 9.61. The Morgan fingerprint density at radius 3 is 2.95 bits per heavy atom. The predicted octanol–water partition coefficient (Wildman–Crippen LogP) is 3.68. The first kappa shape index (κ1) is 14.9. The molecule has 1 heterocycles. The van der Waals surface area contributed by atoms with E-state index in [4.69, 9.17) is 0 Å². The maximum absolute atomic E-state index is 12.1. The van der Waals surface area contributed by atoms with Gasteiger partial charge in [0.25, 0.3) is 5.91 Å². The van der Waals surface area contributed by atoms with Gasteiger partial charge in [-0.05, 0) is 31.0 Å². The fraction of sp³-hybridized carbons (Fsp3) is 0.308. The Morgan fingerprint density at radius 2 is 2.20 bits per heavy atom. The van der Waals surface area contributed by atoms with Crippen LogP contribution in [-0.2, 0) is 0 Å². The van der Waals surface area contributed by atoms with E-state index in [2.05, 4.69) is 43.7 Å². The quantitative estimate of drug-likeness (QED) is 0.859. The third-order valence-corrected chi connectivity index (χ3v) is 4.40. The lowest BCUT2D eigenvalue weighted by molar-refractivity contribution is 0.102. The standard InChI is InChI=1S/C13H15BrN4OS/c1-3-7-15-13-18-17-12(20-13)11(19)16-10-6-4-5-9(14)8(10)2/h4-6H,3,7H2,1-2H3,(H,15,18)(H,16,19). The SMILES string of the molecule is CCCNc1nnc(C(=O)Nc2cccc(Br)c2C)s1. The molecule has 0 aliphatic heterocycles. The monoisotopic (exact) mass is 354 g/mol. The molecule has 7 heteroatoms. The Kier molecular flexibility index (Phi) is 5.08. The molecule has 0 saturated heterocycles. The normalized spacial score (nSPS) is 10.3. The van der Waals surface area contributed by atoms with E-state index in [0.29, 0.717) is 10.1 Å². The lowest BCUT2D eigenvalue weighted by Gasteiger charge is -2.07. The van der Waals surface area contributed by atoms with Crippen LogP contribution in [0.2, 0.25) is 0 Å². The molecule has 0 fully saturated rings. The van der Waals surface area contributed by atoms with Crippen LogP contribution in [0.3, 0.4) is 0 Å². The molecule has 1 amide bonds. The van der Waals surface area contributed by atoms with Crippen molar-refractivity contribution in [3.05, 3.63) is 33.2 Å². The van der Waals surface area contributed by atoms with Gasteiger partial charge >= 0.3 is 0 Å². The Morgan fingerprint density at radius 1 is 1.40 bits per heavy atom. The zero-order valence-corrected chi connectivity index (χ0v) is 13.6. The summed E-state index contributed by atoms with van der Waals surface area (Å²) in [6, 6.07) is 5.67. The van der Waals surface area contributed by atoms with Crippen molar-refractivity contribution in [2.45, 2.75) is 20.3 Å². The second kappa shape index (κ2) is 6.81. The lowest BCUT2D eigenvalue weighted by atomic mass is 10.2. The average molecular weight is 355 g/mol. The molecule has 0 spiro atoms. The Labute approximate surface area is 129 Å². The van der Waals surface area contributed by atoms with Gasteiger partial charge in [0.2, 0.25) is 10.1 Å². The van der Waals surface area contributed by atoms with Crippen molar-refractivity contribution in [2.75, 3.05) is 17.2 Å². The number of amides is 1. The highest BCUT2D eigenvalue weighted by Crippen LogP contribution is 2.24. The zero-order chi connectivity index (χ0) is 14.5. The molecule has 106 valence electrons. The maximum atomic E-state index is 12.1. The number of benzene rings is 1. The van der Waals surface area contributed by atoms with Crippen molar-refractivity contribution in [1.82, 2.24) is 10.2 Å². The largest absolute Gasteiger partial charge is 0.360 e. The molecule has 2 N–H and O–H groups in total. The Balaban J connectivity index is 2.08. The van der Waals surface area contributed by atoms with Crippen LogP contribution < -0.4 is 10.6 Å². The summed E-state index contributed by atoms with van der Waals surface area (Å²) in [5.41, 5.74) is 1.75. The number of hydrogen-bond acceptors (Lipinski definition) is 5. The highest BCUT2D eigenvalue weighted by atomic mass is 79.9. The molecule has 0 saturated carbocycles. The second-order valence-electron chi connectivity index (χ2n) is 4.21. The minimum Gasteiger partial charge on any atom is -0.360 e. The van der Waals surface area contributed by atoms with Gasteiger partial charge in [-0.1, -0.05) is 40.3 Å². The number of nitrogens with one attached hydrogen (secondary N) is 2. The summed E-state index contributed by atoms with van der Waals surface area (Å²) in [7, 11) is 0. The molecular weight excluding hydrogens is 340 g/mol. The number of halogens is 1. The number of anilines is 2. The van der Waals surface area contributed by atoms with Crippen LogP contribution in [0.25, 0.3) is 0 Å². The third-order valence-electron chi connectivity index (χ3n) is 2.66. The fourth-order valence-corrected chi connectivity index (χ4v) is 2.57. The van der Waals surface area contributed by atoms with E-state index in [9.17, 15) is 4.79 Å². The average Bonchev–Trinajstić information content (AvgIpc) is 2.90. The molecule has 0 radical (unpaired) electrons. The van der Waals surface area contributed by atoms with E-state index < -0.39 is 0 Å². The van der Waals surface area contributed by atoms with Gasteiger partial charge in [-0.15, -0.1) is 10.2 Å². The molecule has 20 heavy (non-hydrogen) atoms. The Bertz CT molecular complexity index is 614. The highest BCUT2D eigenvalue weighted by molar-refractivity contribution is 9.10. The van der Waals surface area contributed by atoms with Crippen LogP contribution in [0.15, 0.2) is 22.7 Å². The number of aromatic nitrogens is 2. The molecule has 0 atom stereocenters. The van der Waals surface area contributed by atoms with Gasteiger partial charge in [0.1, 0.15) is 0 Å². The summed E-state index contributed by atoms with van der Waals surface area (Å²) in [6.07, 6.45) is 0.998. The molecule has 1 aromatic carbocycles. The predicted molar refractivity (Wildman–Crippen MR) is 85.5 cm³/mol. The summed E-state index contributed by atoms with van der Waals surface area (Å²) in [6.45, 7) is 4.83. The summed E-state index contributed by atoms with van der Waals surface area (Å²) < 4.78 is 0.956. The lowest BCUT2D eigenvalue weighted by Crippen LogP contribution is -2.12. The summed E-state index contributed by atoms with van der Waals surface area (Å²) >= 11 is 4.69. The minimum absolute atomic E-state index is 0.242. The van der Waals surface area contributed by atoms with E-state index in [1.807, 2.05) is 25.1 Å². The van der Waals surface area contributed by atoms with Gasteiger partial charge in [-0.2, -0.15) is 0 Å². The van der Waals surface area contributed by atoms with E-state index in [0.717, 1.165) is 28.7 Å². The van der Waals surface area contributed by atoms with Gasteiger partial charge in [0, 0.05) is 16.7 Å². The molecule has 0 aliphatic carbocycles. The second-order valence-corrected chi connectivity index (χ2v) is 6.04. The number of hydrogen-bond donors (Lipinski definition) is 2. The van der Waals surface area contributed by atoms with Crippen molar-refractivity contribution in [3.8, 4) is 0 Å². The van der Waals surface area contributed by atoms with Crippen LogP contribution in [0, 0.1) is 6.92 Å². The van der Waals surface area contributed by atoms with Crippen LogP contribution in [-0.4, -0.2) is 22.6 Å². The van der Waals surface area contributed by atoms with Crippen molar-refractivity contribution >= 4 is 44.0 Å². The number of carbonyl (C=O) groups excluding carboxylic acids is 1. The molecule has 2 aromatic rings. The van der Waals surface area contributed by atoms with Crippen LogP contribution >= 0.6 is 27.3 Å². The van der Waals surface area contributed by atoms with Crippen molar-refractivity contribution in [1.29, 1.82) is 0 Å². The highest BCUT2D eigenvalue weighted by Gasteiger charge is 2.14. The van der Waals surface area contributed by atoms with E-state index >= 15 is 0 Å². The van der Waals surface area contributed by atoms with Gasteiger partial charge in [-0.3, -0.25) is 4.79 Å². The van der Waals surface area contributed by atoms with Crippen LogP contribution in [0.4, 0.5) is 10.8 Å². The van der Waals surface area contributed by atoms with Crippen molar-refractivity contribution in [2.24, 2.45) is 0 Å². The minimum atomic E-state index is -0.242. The molecular formula is C13H15BrN4OS. The Hall–Kier alpha value is -1.47. The van der Waals surface area contributed by atoms with Gasteiger partial charge in [0.05, 0.1) is 0 Å². The summed E-state index contributed by atoms with van der Waals surface area (Å²) in [5.74, 6) is -0.242. The van der Waals surface area contributed by atoms with E-state index in [1.54, 1.807) is 0 Å². The van der Waals surface area contributed by atoms with Crippen molar-refractivity contribution < 1.29 is 4.79 Å². The van der Waals surface area contributed by atoms with Gasteiger partial charge in [0.15, 0.2) is 0 Å². The maximum Gasteiger partial charge on any atom is 0.286 e. The van der Waals surface area contributed by atoms with Crippen LogP contribution in [0.1, 0.15) is 28.7 Å². The summed E-state index contributed by atoms with van der Waals surface area (Å²) in [5, 5.41) is 14.8. The zero-order valence-electron chi connectivity index (χ0n) is 11.2. The topological polar surface area (TPSA) is 66.9 Å². The first-order valence-corrected chi connectivity index (χ1v) is 7.86. The molecule has 5 nitrogen and oxygen atoms in total. The molecule has 0 unspecified atom stereocenters. The third kappa shape index (κ3) is 3.55. The molecule has 1 aromatic heterocycles. The first-order valence-electron chi connectivity index (χ1n) is 6.25. The van der Waals surface area contributed by atoms with E-state index in [1.165, 1.54) is 11.3 Å². The molecule has 0 bridgehead atoms. The summed E-state index contributed by atoms with van der Waals surface area (Å²) in [4.78, 5) is 12.1. The number of rotatable bonds is 5. The van der Waals surface area contributed by atoms with E-state index in [-0.39, 0.29) is 5.91 Å². The smallest absolute Gasteiger partial charge is 0.286 e.